The van der Waals surface area contributed by atoms with Crippen LogP contribution in [-0.4, -0.2) is 28.5 Å². The zero-order valence-electron chi connectivity index (χ0n) is 19.3. The van der Waals surface area contributed by atoms with Gasteiger partial charge in [-0.05, 0) is 37.4 Å². The summed E-state index contributed by atoms with van der Waals surface area (Å²) < 4.78 is 0. The summed E-state index contributed by atoms with van der Waals surface area (Å²) in [5.74, 6) is -1.19. The fourth-order valence-corrected chi connectivity index (χ4v) is 3.88. The minimum atomic E-state index is -1.02. The van der Waals surface area contributed by atoms with Crippen LogP contribution in [0, 0.1) is 6.92 Å². The molecule has 176 valence electrons. The Hall–Kier alpha value is -3.03. The van der Waals surface area contributed by atoms with E-state index in [1.165, 1.54) is 24.8 Å². The quantitative estimate of drug-likeness (QED) is 0.315. The molecular weight excluding hydrogens is 434 g/mol. The largest absolute Gasteiger partial charge is 0.477 e. The third-order valence-corrected chi connectivity index (χ3v) is 5.91. The number of rotatable bonds is 11. The van der Waals surface area contributed by atoms with Crippen LogP contribution in [0.5, 0.6) is 0 Å². The Morgan fingerprint density at radius 3 is 2.18 bits per heavy atom. The first-order chi connectivity index (χ1) is 16.0. The van der Waals surface area contributed by atoms with E-state index in [-0.39, 0.29) is 10.8 Å². The first-order valence-electron chi connectivity index (χ1n) is 11.3. The Bertz CT molecular complexity index is 975. The number of aromatic nitrogens is 1. The van der Waals surface area contributed by atoms with E-state index in [1.54, 1.807) is 6.92 Å². The number of amides is 1. The molecule has 0 aliphatic heterocycles. The number of nitrogens with zero attached hydrogens (tertiary/aromatic N) is 1. The van der Waals surface area contributed by atoms with Gasteiger partial charge in [0.1, 0.15) is 4.88 Å². The fourth-order valence-electron chi connectivity index (χ4n) is 3.06. The highest BCUT2D eigenvalue weighted by Gasteiger charge is 2.15. The van der Waals surface area contributed by atoms with Gasteiger partial charge in [0.25, 0.3) is 0 Å². The van der Waals surface area contributed by atoms with Crippen molar-refractivity contribution in [3.05, 3.63) is 82.4 Å². The molecule has 2 aromatic carbocycles. The summed E-state index contributed by atoms with van der Waals surface area (Å²) in [6.45, 7) is 5.99. The molecule has 0 radical (unpaired) electrons. The van der Waals surface area contributed by atoms with E-state index < -0.39 is 5.97 Å². The van der Waals surface area contributed by atoms with Crippen LogP contribution in [0.2, 0.25) is 0 Å². The van der Waals surface area contributed by atoms with Gasteiger partial charge in [0.15, 0.2) is 5.13 Å². The Morgan fingerprint density at radius 2 is 1.61 bits per heavy atom. The summed E-state index contributed by atoms with van der Waals surface area (Å²) in [5, 5.41) is 15.3. The molecule has 1 aromatic heterocycles. The van der Waals surface area contributed by atoms with Gasteiger partial charge in [-0.25, -0.2) is 9.78 Å². The average Bonchev–Trinajstić information content (AvgIpc) is 3.19. The molecule has 0 aliphatic rings. The molecule has 3 rings (SSSR count). The van der Waals surface area contributed by atoms with Gasteiger partial charge in [0.2, 0.25) is 5.91 Å². The van der Waals surface area contributed by atoms with Crippen LogP contribution in [0.15, 0.2) is 60.7 Å². The lowest BCUT2D eigenvalue weighted by Gasteiger charge is -2.03. The maximum Gasteiger partial charge on any atom is 0.347 e. The van der Waals surface area contributed by atoms with Crippen LogP contribution >= 0.6 is 11.3 Å². The van der Waals surface area contributed by atoms with Gasteiger partial charge < -0.3 is 15.7 Å². The highest BCUT2D eigenvalue weighted by atomic mass is 32.1. The lowest BCUT2D eigenvalue weighted by molar-refractivity contribution is -0.116. The normalized spacial score (nSPS) is 10.2. The molecule has 1 heterocycles. The predicted molar refractivity (Wildman–Crippen MR) is 135 cm³/mol. The lowest BCUT2D eigenvalue weighted by atomic mass is 10.1. The van der Waals surface area contributed by atoms with Crippen molar-refractivity contribution in [2.75, 3.05) is 11.9 Å². The van der Waals surface area contributed by atoms with Crippen molar-refractivity contribution in [1.82, 2.24) is 10.3 Å². The molecule has 6 nitrogen and oxygen atoms in total. The van der Waals surface area contributed by atoms with Crippen LogP contribution in [-0.2, 0) is 17.8 Å². The van der Waals surface area contributed by atoms with Crippen molar-refractivity contribution >= 4 is 28.3 Å². The number of carboxylic acid groups (broad SMARTS) is 1. The van der Waals surface area contributed by atoms with Crippen molar-refractivity contribution in [3.63, 3.8) is 0 Å². The number of hydrogen-bond donors (Lipinski definition) is 3. The second-order valence-electron chi connectivity index (χ2n) is 7.64. The number of aryl methyl sites for hydroxylation is 2. The number of carbonyl (C=O) groups excluding carboxylic acids is 1. The summed E-state index contributed by atoms with van der Waals surface area (Å²) in [6, 6.07) is 20.3. The minimum Gasteiger partial charge on any atom is -0.477 e. The molecule has 0 unspecified atom stereocenters. The van der Waals surface area contributed by atoms with Gasteiger partial charge in [0.05, 0.1) is 5.69 Å². The summed E-state index contributed by atoms with van der Waals surface area (Å²) >= 11 is 0.975. The topological polar surface area (TPSA) is 91.3 Å². The SMILES string of the molecule is CCCCCNCc1ccccc1.Cc1nc(NC(=O)CCc2ccccc2)sc1C(=O)O. The van der Waals surface area contributed by atoms with E-state index in [0.717, 1.165) is 30.0 Å². The number of unbranched alkanes of at least 4 members (excludes halogenated alkanes) is 2. The average molecular weight is 468 g/mol. The Labute approximate surface area is 200 Å². The van der Waals surface area contributed by atoms with E-state index >= 15 is 0 Å². The summed E-state index contributed by atoms with van der Waals surface area (Å²) in [5.41, 5.74) is 2.88. The molecule has 0 atom stereocenters. The number of carboxylic acids is 1. The molecule has 0 fully saturated rings. The first-order valence-corrected chi connectivity index (χ1v) is 12.1. The zero-order valence-corrected chi connectivity index (χ0v) is 20.2. The van der Waals surface area contributed by atoms with E-state index in [2.05, 4.69) is 52.9 Å². The smallest absolute Gasteiger partial charge is 0.347 e. The van der Waals surface area contributed by atoms with Crippen molar-refractivity contribution in [3.8, 4) is 0 Å². The van der Waals surface area contributed by atoms with Crippen LogP contribution in [0.1, 0.15) is 59.1 Å². The second kappa shape index (κ2) is 14.9. The summed E-state index contributed by atoms with van der Waals surface area (Å²) in [7, 11) is 0. The lowest BCUT2D eigenvalue weighted by Crippen LogP contribution is -2.14. The highest BCUT2D eigenvalue weighted by Crippen LogP contribution is 2.22. The van der Waals surface area contributed by atoms with E-state index in [4.69, 9.17) is 5.11 Å². The Balaban J connectivity index is 0.000000257. The van der Waals surface area contributed by atoms with Gasteiger partial charge in [-0.2, -0.15) is 0 Å². The van der Waals surface area contributed by atoms with E-state index in [0.29, 0.717) is 23.7 Å². The number of thiazole rings is 1. The van der Waals surface area contributed by atoms with Crippen LogP contribution < -0.4 is 10.6 Å². The molecule has 1 amide bonds. The number of carbonyl (C=O) groups is 2. The van der Waals surface area contributed by atoms with E-state index in [9.17, 15) is 9.59 Å². The molecule has 3 aromatic rings. The molecule has 0 bridgehead atoms. The highest BCUT2D eigenvalue weighted by molar-refractivity contribution is 7.17. The molecule has 0 aliphatic carbocycles. The minimum absolute atomic E-state index is 0.156. The maximum absolute atomic E-state index is 11.8. The monoisotopic (exact) mass is 467 g/mol. The molecule has 0 saturated heterocycles. The third kappa shape index (κ3) is 10.4. The number of benzene rings is 2. The number of hydrogen-bond acceptors (Lipinski definition) is 5. The number of anilines is 1. The number of nitrogens with one attached hydrogen (secondary N) is 2. The number of aromatic carboxylic acids is 1. The van der Waals surface area contributed by atoms with Gasteiger partial charge in [-0.15, -0.1) is 0 Å². The summed E-state index contributed by atoms with van der Waals surface area (Å²) in [4.78, 5) is 26.9. The summed E-state index contributed by atoms with van der Waals surface area (Å²) in [6.07, 6.45) is 4.91. The van der Waals surface area contributed by atoms with Gasteiger partial charge in [0, 0.05) is 13.0 Å². The van der Waals surface area contributed by atoms with Gasteiger partial charge in [-0.3, -0.25) is 4.79 Å². The molecular formula is C26H33N3O3S. The van der Waals surface area contributed by atoms with E-state index in [1.807, 2.05) is 30.3 Å². The standard InChI is InChI=1S/C14H14N2O3S.C12H19N/c1-9-12(13(18)19)20-14(15-9)16-11(17)8-7-10-5-3-2-4-6-10;1-2-3-7-10-13-11-12-8-5-4-6-9-12/h2-6H,7-8H2,1H3,(H,18,19)(H,15,16,17);4-6,8-9,13H,2-3,7,10-11H2,1H3. The first kappa shape index (κ1) is 26.2. The van der Waals surface area contributed by atoms with Crippen molar-refractivity contribution < 1.29 is 14.7 Å². The Morgan fingerprint density at radius 1 is 0.970 bits per heavy atom. The Kier molecular flexibility index (Phi) is 11.9. The van der Waals surface area contributed by atoms with Crippen molar-refractivity contribution in [2.45, 2.75) is 52.5 Å². The maximum atomic E-state index is 11.8. The second-order valence-corrected chi connectivity index (χ2v) is 8.64. The fraction of sp³-hybridized carbons (Fsp3) is 0.346. The molecule has 7 heteroatoms. The van der Waals surface area contributed by atoms with Crippen molar-refractivity contribution in [1.29, 1.82) is 0 Å². The van der Waals surface area contributed by atoms with Gasteiger partial charge in [-0.1, -0.05) is 91.8 Å². The molecule has 3 N–H and O–H groups in total. The molecule has 33 heavy (non-hydrogen) atoms. The van der Waals surface area contributed by atoms with Crippen LogP contribution in [0.3, 0.4) is 0 Å². The van der Waals surface area contributed by atoms with Crippen LogP contribution in [0.4, 0.5) is 5.13 Å². The van der Waals surface area contributed by atoms with Crippen molar-refractivity contribution in [2.24, 2.45) is 0 Å². The third-order valence-electron chi connectivity index (χ3n) is 4.85. The molecule has 0 spiro atoms. The molecule has 0 saturated carbocycles. The zero-order chi connectivity index (χ0) is 23.9. The predicted octanol–water partition coefficient (Wildman–Crippen LogP) is 5.69. The van der Waals surface area contributed by atoms with Gasteiger partial charge >= 0.3 is 5.97 Å². The van der Waals surface area contributed by atoms with Crippen LogP contribution in [0.25, 0.3) is 0 Å².